The number of piperidine rings is 1. The molecule has 1 aromatic carbocycles. The first-order valence-corrected chi connectivity index (χ1v) is 11.1. The summed E-state index contributed by atoms with van der Waals surface area (Å²) in [5.74, 6) is 3.34. The van der Waals surface area contributed by atoms with Gasteiger partial charge in [-0.1, -0.05) is 31.2 Å². The van der Waals surface area contributed by atoms with Gasteiger partial charge in [-0.2, -0.15) is 11.8 Å². The molecule has 1 aliphatic heterocycles. The summed E-state index contributed by atoms with van der Waals surface area (Å²) in [6.45, 7) is 6.32. The van der Waals surface area contributed by atoms with Crippen molar-refractivity contribution in [1.29, 1.82) is 0 Å². The molecule has 3 rings (SSSR count). The van der Waals surface area contributed by atoms with E-state index in [4.69, 9.17) is 0 Å². The van der Waals surface area contributed by atoms with Crippen LogP contribution in [0.1, 0.15) is 50.2 Å². The van der Waals surface area contributed by atoms with Crippen LogP contribution in [0.5, 0.6) is 0 Å². The lowest BCUT2D eigenvalue weighted by atomic mass is 9.70. The molecule has 1 aliphatic carbocycles. The fraction of sp³-hybridized carbons (Fsp3) is 0.591. The minimum Gasteiger partial charge on any atom is -0.394 e. The number of likely N-dealkylation sites (tertiary alicyclic amines) is 1. The van der Waals surface area contributed by atoms with Gasteiger partial charge in [0.05, 0.1) is 5.75 Å². The van der Waals surface area contributed by atoms with Crippen molar-refractivity contribution in [3.8, 4) is 0 Å². The molecular formula is C22H32N2OS. The number of nitrogens with zero attached hydrogens (tertiary/aromatic N) is 1. The number of nitrogens with one attached hydrogen (secondary N) is 1. The number of fused-ring (bicyclic) bond motifs is 3. The number of rotatable bonds is 7. The van der Waals surface area contributed by atoms with Crippen molar-refractivity contribution < 1.29 is 4.79 Å². The number of hydrogen-bond donors (Lipinski definition) is 1. The molecule has 142 valence electrons. The summed E-state index contributed by atoms with van der Waals surface area (Å²) in [4.78, 5) is 14.0. The lowest BCUT2D eigenvalue weighted by Crippen LogP contribution is -2.50. The SMILES string of the molecule is CCCN1CC(CSCC(C)=O)CC2c3ccccc3/C(=C\NC)C[C@H]21. The summed E-state index contributed by atoms with van der Waals surface area (Å²) in [7, 11) is 1.99. The Morgan fingerprint density at radius 1 is 1.38 bits per heavy atom. The van der Waals surface area contributed by atoms with Gasteiger partial charge in [0.2, 0.25) is 0 Å². The summed E-state index contributed by atoms with van der Waals surface area (Å²) in [6.07, 6.45) is 5.77. The average molecular weight is 373 g/mol. The fourth-order valence-electron chi connectivity index (χ4n) is 4.71. The van der Waals surface area contributed by atoms with Crippen LogP contribution in [0, 0.1) is 5.92 Å². The highest BCUT2D eigenvalue weighted by atomic mass is 32.2. The van der Waals surface area contributed by atoms with Crippen molar-refractivity contribution in [2.45, 2.75) is 45.1 Å². The number of benzene rings is 1. The molecule has 1 aromatic rings. The zero-order valence-electron chi connectivity index (χ0n) is 16.3. The Hall–Kier alpha value is -1.26. The van der Waals surface area contributed by atoms with Crippen molar-refractivity contribution in [2.24, 2.45) is 5.92 Å². The standard InChI is InChI=1S/C22H32N2OS/c1-4-9-24-13-17(15-26-14-16(2)25)10-21-20-8-6-5-7-19(20)18(12-23-3)11-22(21)24/h5-8,12,17,21-23H,4,9-11,13-15H2,1-3H3/b18-12-/t17?,21?,22-/m1/s1. The van der Waals surface area contributed by atoms with Crippen LogP contribution in [0.25, 0.3) is 5.57 Å². The molecular weight excluding hydrogens is 340 g/mol. The molecule has 2 unspecified atom stereocenters. The first-order valence-electron chi connectivity index (χ1n) is 9.90. The number of hydrogen-bond acceptors (Lipinski definition) is 4. The van der Waals surface area contributed by atoms with E-state index in [0.717, 1.165) is 12.2 Å². The van der Waals surface area contributed by atoms with E-state index in [-0.39, 0.29) is 0 Å². The highest BCUT2D eigenvalue weighted by Gasteiger charge is 2.40. The highest BCUT2D eigenvalue weighted by Crippen LogP contribution is 2.46. The van der Waals surface area contributed by atoms with Gasteiger partial charge in [0.1, 0.15) is 5.78 Å². The maximum absolute atomic E-state index is 11.3. The molecule has 0 spiro atoms. The summed E-state index contributed by atoms with van der Waals surface area (Å²) >= 11 is 1.82. The molecule has 3 nitrogen and oxygen atoms in total. The third kappa shape index (κ3) is 4.34. The van der Waals surface area contributed by atoms with E-state index >= 15 is 0 Å². The Kier molecular flexibility index (Phi) is 6.82. The largest absolute Gasteiger partial charge is 0.394 e. The average Bonchev–Trinajstić information content (AvgIpc) is 2.63. The molecule has 3 atom stereocenters. The van der Waals surface area contributed by atoms with Crippen molar-refractivity contribution >= 4 is 23.1 Å². The predicted molar refractivity (Wildman–Crippen MR) is 113 cm³/mol. The molecule has 1 N–H and O–H groups in total. The summed E-state index contributed by atoms with van der Waals surface area (Å²) in [5, 5.41) is 3.25. The second-order valence-corrected chi connectivity index (χ2v) is 8.77. The second kappa shape index (κ2) is 9.09. The summed E-state index contributed by atoms with van der Waals surface area (Å²) in [6, 6.07) is 9.59. The van der Waals surface area contributed by atoms with E-state index in [9.17, 15) is 4.79 Å². The lowest BCUT2D eigenvalue weighted by molar-refractivity contribution is -0.114. The molecule has 0 radical (unpaired) electrons. The Labute approximate surface area is 162 Å². The Morgan fingerprint density at radius 3 is 2.92 bits per heavy atom. The van der Waals surface area contributed by atoms with Gasteiger partial charge in [-0.25, -0.2) is 0 Å². The maximum atomic E-state index is 11.3. The molecule has 0 bridgehead atoms. The number of Topliss-reactive ketones (excluding diaryl/α,β-unsaturated/α-hetero) is 1. The smallest absolute Gasteiger partial charge is 0.139 e. The molecule has 1 saturated heterocycles. The Balaban J connectivity index is 1.85. The molecule has 4 heteroatoms. The van der Waals surface area contributed by atoms with Gasteiger partial charge in [-0.3, -0.25) is 9.69 Å². The topological polar surface area (TPSA) is 32.3 Å². The van der Waals surface area contributed by atoms with E-state index in [1.807, 2.05) is 18.8 Å². The van der Waals surface area contributed by atoms with Gasteiger partial charge in [-0.15, -0.1) is 0 Å². The van der Waals surface area contributed by atoms with Gasteiger partial charge in [0.15, 0.2) is 0 Å². The quantitative estimate of drug-likeness (QED) is 0.779. The van der Waals surface area contributed by atoms with E-state index < -0.39 is 0 Å². The normalized spacial score (nSPS) is 27.0. The van der Waals surface area contributed by atoms with Crippen LogP contribution in [0.3, 0.4) is 0 Å². The van der Waals surface area contributed by atoms with Crippen molar-refractivity contribution in [3.05, 3.63) is 41.6 Å². The summed E-state index contributed by atoms with van der Waals surface area (Å²) in [5.41, 5.74) is 4.39. The van der Waals surface area contributed by atoms with Crippen molar-refractivity contribution in [2.75, 3.05) is 31.6 Å². The lowest BCUT2D eigenvalue weighted by Gasteiger charge is -2.48. The predicted octanol–water partition coefficient (Wildman–Crippen LogP) is 4.16. The van der Waals surface area contributed by atoms with E-state index in [0.29, 0.717) is 29.4 Å². The zero-order chi connectivity index (χ0) is 18.5. The van der Waals surface area contributed by atoms with Gasteiger partial charge in [0, 0.05) is 31.8 Å². The van der Waals surface area contributed by atoms with Crippen LogP contribution >= 0.6 is 11.8 Å². The van der Waals surface area contributed by atoms with Crippen LogP contribution in [-0.4, -0.2) is 48.4 Å². The first-order chi connectivity index (χ1) is 12.6. The van der Waals surface area contributed by atoms with Crippen LogP contribution in [0.2, 0.25) is 0 Å². The van der Waals surface area contributed by atoms with Gasteiger partial charge in [0.25, 0.3) is 0 Å². The molecule has 26 heavy (non-hydrogen) atoms. The van der Waals surface area contributed by atoms with E-state index in [1.165, 1.54) is 42.6 Å². The van der Waals surface area contributed by atoms with Crippen LogP contribution in [-0.2, 0) is 4.79 Å². The van der Waals surface area contributed by atoms with Crippen LogP contribution in [0.15, 0.2) is 30.5 Å². The number of ketones is 1. The number of carbonyl (C=O) groups is 1. The first kappa shape index (κ1) is 19.5. The number of thioether (sulfide) groups is 1. The van der Waals surface area contributed by atoms with E-state index in [1.54, 1.807) is 6.92 Å². The van der Waals surface area contributed by atoms with E-state index in [2.05, 4.69) is 47.6 Å². The minimum absolute atomic E-state index is 0.291. The minimum atomic E-state index is 0.291. The molecule has 2 aliphatic rings. The van der Waals surface area contributed by atoms with Crippen molar-refractivity contribution in [3.63, 3.8) is 0 Å². The monoisotopic (exact) mass is 372 g/mol. The van der Waals surface area contributed by atoms with Gasteiger partial charge >= 0.3 is 0 Å². The van der Waals surface area contributed by atoms with Gasteiger partial charge in [-0.05, 0) is 61.1 Å². The number of carbonyl (C=O) groups excluding carboxylic acids is 1. The molecule has 0 aromatic heterocycles. The highest BCUT2D eigenvalue weighted by molar-refractivity contribution is 7.99. The van der Waals surface area contributed by atoms with Crippen LogP contribution < -0.4 is 5.32 Å². The Bertz CT molecular complexity index is 657. The molecule has 0 amide bonds. The van der Waals surface area contributed by atoms with Gasteiger partial charge < -0.3 is 5.32 Å². The van der Waals surface area contributed by atoms with Crippen LogP contribution in [0.4, 0.5) is 0 Å². The summed E-state index contributed by atoms with van der Waals surface area (Å²) < 4.78 is 0. The molecule has 1 heterocycles. The molecule has 0 saturated carbocycles. The Morgan fingerprint density at radius 2 is 2.19 bits per heavy atom. The third-order valence-corrected chi connectivity index (χ3v) is 6.95. The maximum Gasteiger partial charge on any atom is 0.139 e. The second-order valence-electron chi connectivity index (χ2n) is 7.74. The fourth-order valence-corrected chi connectivity index (χ4v) is 5.69. The van der Waals surface area contributed by atoms with Crippen molar-refractivity contribution in [1.82, 2.24) is 10.2 Å². The zero-order valence-corrected chi connectivity index (χ0v) is 17.1. The third-order valence-electron chi connectivity index (χ3n) is 5.64. The molecule has 1 fully saturated rings.